The average Bonchev–Trinajstić information content (AvgIpc) is 2.75. The molecule has 0 fully saturated rings. The quantitative estimate of drug-likeness (QED) is 0.237. The lowest BCUT2D eigenvalue weighted by Gasteiger charge is -2.13. The summed E-state index contributed by atoms with van der Waals surface area (Å²) >= 11 is 0. The zero-order valence-electron chi connectivity index (χ0n) is 16.9. The summed E-state index contributed by atoms with van der Waals surface area (Å²) in [6.45, 7) is 4.34. The molecule has 0 atom stereocenters. The third-order valence-corrected chi connectivity index (χ3v) is 4.18. The minimum absolute atomic E-state index is 0.0778. The smallest absolute Gasteiger partial charge is 0.343 e. The number of nitrogens with one attached hydrogen (secondary N) is 2. The van der Waals surface area contributed by atoms with Crippen molar-refractivity contribution in [1.82, 2.24) is 15.4 Å². The summed E-state index contributed by atoms with van der Waals surface area (Å²) in [4.78, 5) is 25.0. The second-order valence-corrected chi connectivity index (χ2v) is 6.50. The molecule has 9 heteroatoms. The van der Waals surface area contributed by atoms with Crippen LogP contribution >= 0.6 is 0 Å². The molecule has 0 unspecified atom stereocenters. The highest BCUT2D eigenvalue weighted by atomic mass is 16.7. The number of nitrogen functional groups attached to an aromatic ring is 2. The van der Waals surface area contributed by atoms with Crippen LogP contribution in [0.1, 0.15) is 11.3 Å². The van der Waals surface area contributed by atoms with Gasteiger partial charge in [-0.15, -0.1) is 6.58 Å². The van der Waals surface area contributed by atoms with Crippen molar-refractivity contribution < 1.29 is 14.4 Å². The average molecular weight is 420 g/mol. The minimum Gasteiger partial charge on any atom is -0.383 e. The Morgan fingerprint density at radius 3 is 2.48 bits per heavy atom. The van der Waals surface area contributed by atoms with Gasteiger partial charge in [0.05, 0.1) is 25.5 Å². The number of nitrogens with two attached hydrogens (primary N) is 2. The first-order chi connectivity index (χ1) is 15.1. The number of urea groups is 1. The molecule has 3 aromatic rings. The van der Waals surface area contributed by atoms with Crippen molar-refractivity contribution in [3.05, 3.63) is 78.5 Å². The monoisotopic (exact) mass is 420 g/mol. The van der Waals surface area contributed by atoms with Gasteiger partial charge in [-0.2, -0.15) is 4.98 Å². The SMILES string of the molecule is C=CCONC(=O)Nc1ccc(-c2c(N)nc(N)nc2COCc2ccccc2)cc1. The highest BCUT2D eigenvalue weighted by Gasteiger charge is 2.14. The molecule has 0 aliphatic carbocycles. The predicted octanol–water partition coefficient (Wildman–Crippen LogP) is 3.26. The van der Waals surface area contributed by atoms with Crippen molar-refractivity contribution in [2.24, 2.45) is 0 Å². The van der Waals surface area contributed by atoms with Crippen molar-refractivity contribution in [3.63, 3.8) is 0 Å². The molecular weight excluding hydrogens is 396 g/mol. The van der Waals surface area contributed by atoms with Crippen LogP contribution in [0.25, 0.3) is 11.1 Å². The molecule has 0 radical (unpaired) electrons. The summed E-state index contributed by atoms with van der Waals surface area (Å²) in [7, 11) is 0. The Bertz CT molecular complexity index is 1030. The Kier molecular flexibility index (Phi) is 7.52. The van der Waals surface area contributed by atoms with Gasteiger partial charge in [-0.25, -0.2) is 15.3 Å². The Morgan fingerprint density at radius 2 is 1.77 bits per heavy atom. The topological polar surface area (TPSA) is 137 Å². The number of benzene rings is 2. The van der Waals surface area contributed by atoms with E-state index >= 15 is 0 Å². The van der Waals surface area contributed by atoms with E-state index in [0.29, 0.717) is 23.6 Å². The molecule has 0 saturated heterocycles. The summed E-state index contributed by atoms with van der Waals surface area (Å²) in [5, 5.41) is 2.65. The van der Waals surface area contributed by atoms with E-state index in [2.05, 4.69) is 27.3 Å². The van der Waals surface area contributed by atoms with Crippen molar-refractivity contribution in [3.8, 4) is 11.1 Å². The second-order valence-electron chi connectivity index (χ2n) is 6.50. The van der Waals surface area contributed by atoms with Crippen LogP contribution in [0.3, 0.4) is 0 Å². The number of hydroxylamine groups is 1. The molecule has 0 aliphatic rings. The number of anilines is 3. The zero-order chi connectivity index (χ0) is 22.1. The van der Waals surface area contributed by atoms with Gasteiger partial charge in [0.1, 0.15) is 5.82 Å². The number of hydrogen-bond acceptors (Lipinski definition) is 7. The first-order valence-electron chi connectivity index (χ1n) is 9.50. The van der Waals surface area contributed by atoms with Crippen LogP contribution < -0.4 is 22.3 Å². The number of amides is 2. The number of carbonyl (C=O) groups excluding carboxylic acids is 1. The van der Waals surface area contributed by atoms with Gasteiger partial charge in [0.2, 0.25) is 5.95 Å². The molecule has 1 aromatic heterocycles. The molecule has 160 valence electrons. The van der Waals surface area contributed by atoms with Crippen LogP contribution in [0.4, 0.5) is 22.2 Å². The second kappa shape index (κ2) is 10.7. The van der Waals surface area contributed by atoms with Gasteiger partial charge in [0.25, 0.3) is 0 Å². The van der Waals surface area contributed by atoms with E-state index in [4.69, 9.17) is 21.0 Å². The van der Waals surface area contributed by atoms with E-state index in [1.165, 1.54) is 6.08 Å². The molecule has 2 amide bonds. The molecule has 6 N–H and O–H groups in total. The Morgan fingerprint density at radius 1 is 1.03 bits per heavy atom. The molecule has 0 aliphatic heterocycles. The summed E-state index contributed by atoms with van der Waals surface area (Å²) in [6.07, 6.45) is 1.52. The number of ether oxygens (including phenoxy) is 1. The molecular formula is C22H24N6O3. The molecule has 0 saturated carbocycles. The van der Waals surface area contributed by atoms with Crippen LogP contribution in [-0.2, 0) is 22.8 Å². The Balaban J connectivity index is 1.72. The number of aromatic nitrogens is 2. The lowest BCUT2D eigenvalue weighted by atomic mass is 10.0. The van der Waals surface area contributed by atoms with Gasteiger partial charge in [-0.3, -0.25) is 4.84 Å². The minimum atomic E-state index is -0.500. The van der Waals surface area contributed by atoms with Gasteiger partial charge >= 0.3 is 6.03 Å². The highest BCUT2D eigenvalue weighted by molar-refractivity contribution is 5.89. The molecule has 3 rings (SSSR count). The van der Waals surface area contributed by atoms with Crippen LogP contribution in [-0.4, -0.2) is 22.6 Å². The van der Waals surface area contributed by atoms with Crippen molar-refractivity contribution in [2.45, 2.75) is 13.2 Å². The molecule has 1 heterocycles. The normalized spacial score (nSPS) is 10.5. The standard InChI is InChI=1S/C22H24N6O3/c1-2-12-31-28-22(29)25-17-10-8-16(9-11-17)19-18(26-21(24)27-20(19)23)14-30-13-15-6-4-3-5-7-15/h2-11H,1,12-14H2,(H2,25,28,29)(H4,23,24,26,27). The zero-order valence-corrected chi connectivity index (χ0v) is 16.9. The summed E-state index contributed by atoms with van der Waals surface area (Å²) in [5.41, 5.74) is 17.8. The maximum absolute atomic E-state index is 11.8. The number of nitrogens with zero attached hydrogens (tertiary/aromatic N) is 2. The molecule has 9 nitrogen and oxygen atoms in total. The van der Waals surface area contributed by atoms with Gasteiger partial charge in [0, 0.05) is 11.3 Å². The maximum Gasteiger partial charge on any atom is 0.343 e. The third-order valence-electron chi connectivity index (χ3n) is 4.18. The predicted molar refractivity (Wildman–Crippen MR) is 120 cm³/mol. The summed E-state index contributed by atoms with van der Waals surface area (Å²) in [6, 6.07) is 16.4. The van der Waals surface area contributed by atoms with E-state index in [1.54, 1.807) is 24.3 Å². The molecule has 0 spiro atoms. The van der Waals surface area contributed by atoms with Crippen LogP contribution in [0.2, 0.25) is 0 Å². The van der Waals surface area contributed by atoms with Crippen LogP contribution in [0.5, 0.6) is 0 Å². The highest BCUT2D eigenvalue weighted by Crippen LogP contribution is 2.30. The van der Waals surface area contributed by atoms with Crippen molar-refractivity contribution >= 4 is 23.5 Å². The summed E-state index contributed by atoms with van der Waals surface area (Å²) < 4.78 is 5.81. The number of hydrogen-bond donors (Lipinski definition) is 4. The van der Waals surface area contributed by atoms with E-state index in [9.17, 15) is 4.79 Å². The first-order valence-corrected chi connectivity index (χ1v) is 9.50. The van der Waals surface area contributed by atoms with E-state index in [0.717, 1.165) is 11.1 Å². The van der Waals surface area contributed by atoms with Crippen LogP contribution in [0.15, 0.2) is 67.3 Å². The fourth-order valence-electron chi connectivity index (χ4n) is 2.85. The maximum atomic E-state index is 11.8. The molecule has 0 bridgehead atoms. The van der Waals surface area contributed by atoms with Crippen LogP contribution in [0, 0.1) is 0 Å². The van der Waals surface area contributed by atoms with Gasteiger partial charge in [0.15, 0.2) is 0 Å². The van der Waals surface area contributed by atoms with E-state index < -0.39 is 6.03 Å². The number of carbonyl (C=O) groups is 1. The van der Waals surface area contributed by atoms with Crippen molar-refractivity contribution in [2.75, 3.05) is 23.4 Å². The third kappa shape index (κ3) is 6.26. The Hall–Kier alpha value is -3.95. The van der Waals surface area contributed by atoms with Gasteiger partial charge in [-0.1, -0.05) is 48.5 Å². The number of rotatable bonds is 9. The van der Waals surface area contributed by atoms with E-state index in [-0.39, 0.29) is 25.0 Å². The fourth-order valence-corrected chi connectivity index (χ4v) is 2.85. The van der Waals surface area contributed by atoms with Gasteiger partial charge in [-0.05, 0) is 23.3 Å². The lowest BCUT2D eigenvalue weighted by molar-refractivity contribution is 0.0872. The lowest BCUT2D eigenvalue weighted by Crippen LogP contribution is -2.28. The largest absolute Gasteiger partial charge is 0.383 e. The molecule has 31 heavy (non-hydrogen) atoms. The summed E-state index contributed by atoms with van der Waals surface area (Å²) in [5.74, 6) is 0.330. The Labute approximate surface area is 180 Å². The first kappa shape index (κ1) is 21.8. The fraction of sp³-hybridized carbons (Fsp3) is 0.136. The van der Waals surface area contributed by atoms with Crippen molar-refractivity contribution in [1.29, 1.82) is 0 Å². The van der Waals surface area contributed by atoms with Gasteiger partial charge < -0.3 is 21.5 Å². The molecule has 2 aromatic carbocycles. The van der Waals surface area contributed by atoms with E-state index in [1.807, 2.05) is 30.3 Å².